The van der Waals surface area contributed by atoms with E-state index in [9.17, 15) is 8.78 Å². The lowest BCUT2D eigenvalue weighted by molar-refractivity contribution is 0.116. The first-order valence-corrected chi connectivity index (χ1v) is 8.06. The molecule has 1 aliphatic rings. The molecule has 21 heavy (non-hydrogen) atoms. The Kier molecular flexibility index (Phi) is 5.37. The van der Waals surface area contributed by atoms with Gasteiger partial charge in [-0.2, -0.15) is 0 Å². The summed E-state index contributed by atoms with van der Waals surface area (Å²) in [5.74, 6) is -0.318. The predicted molar refractivity (Wildman–Crippen MR) is 83.2 cm³/mol. The summed E-state index contributed by atoms with van der Waals surface area (Å²) in [6, 6.07) is 4.34. The van der Waals surface area contributed by atoms with Crippen LogP contribution >= 0.6 is 0 Å². The number of benzene rings is 1. The Hall–Kier alpha value is -0.960. The highest BCUT2D eigenvalue weighted by Crippen LogP contribution is 2.43. The molecule has 2 atom stereocenters. The van der Waals surface area contributed by atoms with Crippen molar-refractivity contribution in [1.29, 1.82) is 0 Å². The molecule has 3 heteroatoms. The van der Waals surface area contributed by atoms with Gasteiger partial charge in [-0.25, -0.2) is 8.78 Å². The van der Waals surface area contributed by atoms with Gasteiger partial charge in [0.05, 0.1) is 0 Å². The second kappa shape index (κ2) is 6.87. The van der Waals surface area contributed by atoms with Gasteiger partial charge in [-0.1, -0.05) is 26.8 Å². The van der Waals surface area contributed by atoms with Gasteiger partial charge in [0.15, 0.2) is 11.6 Å². The van der Waals surface area contributed by atoms with Crippen molar-refractivity contribution < 1.29 is 8.78 Å². The third-order valence-electron chi connectivity index (χ3n) is 4.81. The van der Waals surface area contributed by atoms with Crippen LogP contribution in [0.3, 0.4) is 0 Å². The Morgan fingerprint density at radius 1 is 1.19 bits per heavy atom. The van der Waals surface area contributed by atoms with E-state index in [1.54, 1.807) is 6.07 Å². The maximum absolute atomic E-state index is 13.4. The Morgan fingerprint density at radius 3 is 2.62 bits per heavy atom. The molecule has 118 valence electrons. The molecule has 1 nitrogen and oxygen atoms in total. The van der Waals surface area contributed by atoms with Gasteiger partial charge in [0.25, 0.3) is 0 Å². The van der Waals surface area contributed by atoms with Crippen molar-refractivity contribution in [2.45, 2.75) is 46.5 Å². The molecule has 1 N–H and O–H groups in total. The largest absolute Gasteiger partial charge is 0.317 e. The molecule has 0 radical (unpaired) electrons. The zero-order valence-electron chi connectivity index (χ0n) is 13.4. The minimum atomic E-state index is -0.757. The first-order chi connectivity index (χ1) is 9.91. The molecular formula is C18H27F2N. The van der Waals surface area contributed by atoms with Crippen LogP contribution in [0.15, 0.2) is 18.2 Å². The van der Waals surface area contributed by atoms with Gasteiger partial charge >= 0.3 is 0 Å². The summed E-state index contributed by atoms with van der Waals surface area (Å²) in [6.45, 7) is 8.76. The smallest absolute Gasteiger partial charge is 0.159 e. The van der Waals surface area contributed by atoms with Gasteiger partial charge in [0.1, 0.15) is 0 Å². The molecular weight excluding hydrogens is 268 g/mol. The molecule has 1 aromatic rings. The van der Waals surface area contributed by atoms with E-state index in [-0.39, 0.29) is 0 Å². The van der Waals surface area contributed by atoms with E-state index in [0.29, 0.717) is 17.3 Å². The predicted octanol–water partition coefficient (Wildman–Crippen LogP) is 4.56. The molecule has 0 amide bonds. The second-order valence-corrected chi connectivity index (χ2v) is 7.19. The van der Waals surface area contributed by atoms with Crippen LogP contribution in [0.5, 0.6) is 0 Å². The molecule has 0 bridgehead atoms. The average Bonchev–Trinajstić information content (AvgIpc) is 2.41. The van der Waals surface area contributed by atoms with Crippen molar-refractivity contribution in [3.05, 3.63) is 35.4 Å². The van der Waals surface area contributed by atoms with Gasteiger partial charge in [-0.3, -0.25) is 0 Å². The Bertz CT molecular complexity index is 470. The Balaban J connectivity index is 2.09. The van der Waals surface area contributed by atoms with Gasteiger partial charge in [-0.05, 0) is 73.7 Å². The Morgan fingerprint density at radius 2 is 1.95 bits per heavy atom. The van der Waals surface area contributed by atoms with Crippen molar-refractivity contribution in [2.24, 2.45) is 17.3 Å². The van der Waals surface area contributed by atoms with Crippen molar-refractivity contribution in [3.63, 3.8) is 0 Å². The quantitative estimate of drug-likeness (QED) is 0.839. The summed E-state index contributed by atoms with van der Waals surface area (Å²) < 4.78 is 26.5. The maximum atomic E-state index is 13.4. The van der Waals surface area contributed by atoms with Gasteiger partial charge in [0.2, 0.25) is 0 Å². The fourth-order valence-corrected chi connectivity index (χ4v) is 3.60. The molecule has 1 aromatic carbocycles. The summed E-state index contributed by atoms with van der Waals surface area (Å²) >= 11 is 0. The highest BCUT2D eigenvalue weighted by atomic mass is 19.2. The van der Waals surface area contributed by atoms with E-state index in [1.807, 2.05) is 0 Å². The SMILES string of the molecule is CCNCC1CCC(C)(C)CC1Cc1ccc(F)c(F)c1. The molecule has 0 aromatic heterocycles. The summed E-state index contributed by atoms with van der Waals surface area (Å²) in [5, 5.41) is 3.45. The van der Waals surface area contributed by atoms with Gasteiger partial charge < -0.3 is 5.32 Å². The normalized spacial score (nSPS) is 25.0. The van der Waals surface area contributed by atoms with Gasteiger partial charge in [-0.15, -0.1) is 0 Å². The van der Waals surface area contributed by atoms with Crippen LogP contribution < -0.4 is 5.32 Å². The van der Waals surface area contributed by atoms with Crippen LogP contribution in [-0.2, 0) is 6.42 Å². The second-order valence-electron chi connectivity index (χ2n) is 7.19. The topological polar surface area (TPSA) is 12.0 Å². The zero-order chi connectivity index (χ0) is 15.5. The van der Waals surface area contributed by atoms with Gasteiger partial charge in [0, 0.05) is 0 Å². The molecule has 1 saturated carbocycles. The summed E-state index contributed by atoms with van der Waals surface area (Å²) in [4.78, 5) is 0. The number of rotatable bonds is 5. The third-order valence-corrected chi connectivity index (χ3v) is 4.81. The van der Waals surface area contributed by atoms with E-state index >= 15 is 0 Å². The standard InChI is InChI=1S/C18H27F2N/c1-4-21-12-14-7-8-18(2,3)11-15(14)9-13-5-6-16(19)17(20)10-13/h5-6,10,14-15,21H,4,7-9,11-12H2,1-3H3. The molecule has 2 rings (SSSR count). The summed E-state index contributed by atoms with van der Waals surface area (Å²) in [5.41, 5.74) is 1.27. The summed E-state index contributed by atoms with van der Waals surface area (Å²) in [7, 11) is 0. The summed E-state index contributed by atoms with van der Waals surface area (Å²) in [6.07, 6.45) is 4.46. The van der Waals surface area contributed by atoms with Crippen molar-refractivity contribution in [3.8, 4) is 0 Å². The van der Waals surface area contributed by atoms with E-state index in [0.717, 1.165) is 31.5 Å². The van der Waals surface area contributed by atoms with Crippen LogP contribution in [-0.4, -0.2) is 13.1 Å². The van der Waals surface area contributed by atoms with Crippen molar-refractivity contribution >= 4 is 0 Å². The van der Waals surface area contributed by atoms with Crippen LogP contribution in [0.2, 0.25) is 0 Å². The van der Waals surface area contributed by atoms with E-state index in [1.165, 1.54) is 25.0 Å². The van der Waals surface area contributed by atoms with Crippen LogP contribution in [0.4, 0.5) is 8.78 Å². The number of hydrogen-bond acceptors (Lipinski definition) is 1. The molecule has 0 heterocycles. The maximum Gasteiger partial charge on any atom is 0.159 e. The minimum absolute atomic E-state index is 0.353. The highest BCUT2D eigenvalue weighted by Gasteiger charge is 2.34. The highest BCUT2D eigenvalue weighted by molar-refractivity contribution is 5.18. The third kappa shape index (κ3) is 4.50. The lowest BCUT2D eigenvalue weighted by Crippen LogP contribution is -2.37. The first kappa shape index (κ1) is 16.4. The molecule has 0 spiro atoms. The average molecular weight is 295 g/mol. The number of nitrogens with one attached hydrogen (secondary N) is 1. The van der Waals surface area contributed by atoms with E-state index < -0.39 is 11.6 Å². The van der Waals surface area contributed by atoms with Crippen molar-refractivity contribution in [1.82, 2.24) is 5.32 Å². The molecule has 0 saturated heterocycles. The fraction of sp³-hybridized carbons (Fsp3) is 0.667. The molecule has 2 unspecified atom stereocenters. The molecule has 1 fully saturated rings. The van der Waals surface area contributed by atoms with Crippen molar-refractivity contribution in [2.75, 3.05) is 13.1 Å². The minimum Gasteiger partial charge on any atom is -0.317 e. The van der Waals surface area contributed by atoms with Crippen LogP contribution in [0, 0.1) is 28.9 Å². The number of hydrogen-bond donors (Lipinski definition) is 1. The molecule has 0 aliphatic heterocycles. The lowest BCUT2D eigenvalue weighted by Gasteiger charge is -2.41. The van der Waals surface area contributed by atoms with Crippen LogP contribution in [0.25, 0.3) is 0 Å². The van der Waals surface area contributed by atoms with Crippen LogP contribution in [0.1, 0.15) is 45.6 Å². The monoisotopic (exact) mass is 295 g/mol. The van der Waals surface area contributed by atoms with E-state index in [4.69, 9.17) is 0 Å². The molecule has 1 aliphatic carbocycles. The number of halogens is 2. The zero-order valence-corrected chi connectivity index (χ0v) is 13.4. The fourth-order valence-electron chi connectivity index (χ4n) is 3.60. The first-order valence-electron chi connectivity index (χ1n) is 8.06. The lowest BCUT2D eigenvalue weighted by atomic mass is 9.65. The van der Waals surface area contributed by atoms with E-state index in [2.05, 4.69) is 26.1 Å². The Labute approximate surface area is 127 Å².